The summed E-state index contributed by atoms with van der Waals surface area (Å²) in [6, 6.07) is 8.58. The van der Waals surface area contributed by atoms with Crippen molar-refractivity contribution in [3.63, 3.8) is 0 Å². The van der Waals surface area contributed by atoms with E-state index in [2.05, 4.69) is 5.32 Å². The van der Waals surface area contributed by atoms with E-state index in [9.17, 15) is 15.0 Å². The molecule has 3 rings (SSSR count). The molecule has 138 valence electrons. The molecule has 25 heavy (non-hydrogen) atoms. The Balaban J connectivity index is 1.83. The van der Waals surface area contributed by atoms with Crippen LogP contribution in [0.25, 0.3) is 0 Å². The molecule has 0 aromatic heterocycles. The van der Waals surface area contributed by atoms with Gasteiger partial charge in [-0.15, -0.1) is 0 Å². The van der Waals surface area contributed by atoms with Gasteiger partial charge in [0.25, 0.3) is 0 Å². The number of fused-ring (bicyclic) bond motifs is 1. The van der Waals surface area contributed by atoms with Crippen molar-refractivity contribution in [1.29, 1.82) is 0 Å². The largest absolute Gasteiger partial charge is 0.388 e. The van der Waals surface area contributed by atoms with Crippen LogP contribution in [0.2, 0.25) is 0 Å². The van der Waals surface area contributed by atoms with Crippen LogP contribution in [0.1, 0.15) is 26.3 Å². The van der Waals surface area contributed by atoms with E-state index in [4.69, 9.17) is 14.2 Å². The van der Waals surface area contributed by atoms with Gasteiger partial charge in [0.2, 0.25) is 5.91 Å². The molecular weight excluding hydrogens is 326 g/mol. The first-order valence-corrected chi connectivity index (χ1v) is 8.38. The lowest BCUT2D eigenvalue weighted by atomic mass is 9.94. The second-order valence-electron chi connectivity index (χ2n) is 7.15. The standard InChI is InChI=1S/C18H25NO6/c1-11(20)19-15-13(21)14(23-9-12-7-5-4-6-8-12)16-18(15,22)10-24-17(2,3)25-16/h4-8,13-16,21-22H,9-10H2,1-3H3,(H,19,20)/t13-,14+,15+,16-,18-/m0/s1. The van der Waals surface area contributed by atoms with Crippen LogP contribution in [0, 0.1) is 0 Å². The Hall–Kier alpha value is -1.51. The number of nitrogens with one attached hydrogen (secondary N) is 1. The van der Waals surface area contributed by atoms with E-state index >= 15 is 0 Å². The fourth-order valence-corrected chi connectivity index (χ4v) is 3.48. The molecule has 0 spiro atoms. The molecule has 1 saturated carbocycles. The highest BCUT2D eigenvalue weighted by molar-refractivity contribution is 5.73. The Labute approximate surface area is 146 Å². The first-order valence-electron chi connectivity index (χ1n) is 8.38. The molecule has 5 atom stereocenters. The molecule has 7 nitrogen and oxygen atoms in total. The van der Waals surface area contributed by atoms with Gasteiger partial charge < -0.3 is 29.7 Å². The lowest BCUT2D eigenvalue weighted by molar-refractivity contribution is -0.340. The highest BCUT2D eigenvalue weighted by atomic mass is 16.7. The quantitative estimate of drug-likeness (QED) is 0.724. The number of hydrogen-bond acceptors (Lipinski definition) is 6. The lowest BCUT2D eigenvalue weighted by Gasteiger charge is -2.45. The van der Waals surface area contributed by atoms with E-state index in [0.29, 0.717) is 0 Å². The molecule has 2 aliphatic rings. The molecule has 1 aliphatic carbocycles. The summed E-state index contributed by atoms with van der Waals surface area (Å²) in [7, 11) is 0. The van der Waals surface area contributed by atoms with E-state index in [0.717, 1.165) is 5.56 Å². The maximum atomic E-state index is 11.5. The molecule has 1 saturated heterocycles. The van der Waals surface area contributed by atoms with Gasteiger partial charge in [-0.25, -0.2) is 0 Å². The third kappa shape index (κ3) is 3.56. The summed E-state index contributed by atoms with van der Waals surface area (Å²) in [4.78, 5) is 11.5. The Morgan fingerprint density at radius 1 is 1.36 bits per heavy atom. The summed E-state index contributed by atoms with van der Waals surface area (Å²) >= 11 is 0. The van der Waals surface area contributed by atoms with Crippen LogP contribution < -0.4 is 5.32 Å². The molecule has 0 unspecified atom stereocenters. The normalized spacial score (nSPS) is 36.7. The van der Waals surface area contributed by atoms with Gasteiger partial charge in [0, 0.05) is 6.92 Å². The maximum Gasteiger partial charge on any atom is 0.217 e. The number of ether oxygens (including phenoxy) is 3. The molecular formula is C18H25NO6. The molecule has 2 fully saturated rings. The minimum Gasteiger partial charge on any atom is -0.388 e. The summed E-state index contributed by atoms with van der Waals surface area (Å²) in [6.45, 7) is 4.99. The van der Waals surface area contributed by atoms with Crippen LogP contribution in [-0.2, 0) is 25.6 Å². The molecule has 7 heteroatoms. The van der Waals surface area contributed by atoms with Gasteiger partial charge in [0.15, 0.2) is 5.79 Å². The highest BCUT2D eigenvalue weighted by Crippen LogP contribution is 2.42. The van der Waals surface area contributed by atoms with Crippen molar-refractivity contribution in [2.24, 2.45) is 0 Å². The smallest absolute Gasteiger partial charge is 0.217 e. The van der Waals surface area contributed by atoms with E-state index < -0.39 is 35.7 Å². The number of aliphatic hydroxyl groups is 2. The summed E-state index contributed by atoms with van der Waals surface area (Å²) in [5.41, 5.74) is -0.630. The van der Waals surface area contributed by atoms with Crippen LogP contribution in [0.15, 0.2) is 30.3 Å². The molecule has 1 amide bonds. The first kappa shape index (κ1) is 18.3. The SMILES string of the molecule is CC(=O)N[C@@H]1[C@@H](O)[C@@H](OCc2ccccc2)[C@@H]2OC(C)(C)OC[C@]12O. The second kappa shape index (κ2) is 6.66. The third-order valence-electron chi connectivity index (χ3n) is 4.71. The molecule has 1 aliphatic heterocycles. The van der Waals surface area contributed by atoms with E-state index in [1.54, 1.807) is 13.8 Å². The van der Waals surface area contributed by atoms with Gasteiger partial charge in [0.1, 0.15) is 23.9 Å². The zero-order valence-electron chi connectivity index (χ0n) is 14.6. The van der Waals surface area contributed by atoms with Gasteiger partial charge in [-0.3, -0.25) is 4.79 Å². The average Bonchev–Trinajstić information content (AvgIpc) is 2.74. The fourth-order valence-electron chi connectivity index (χ4n) is 3.48. The number of hydrogen-bond donors (Lipinski definition) is 3. The number of aliphatic hydroxyl groups excluding tert-OH is 1. The number of amides is 1. The summed E-state index contributed by atoms with van der Waals surface area (Å²) in [5, 5.41) is 24.4. The number of carbonyl (C=O) groups excluding carboxylic acids is 1. The molecule has 0 bridgehead atoms. The predicted octanol–water partition coefficient (Wildman–Crippen LogP) is 0.334. The molecule has 3 N–H and O–H groups in total. The zero-order chi connectivity index (χ0) is 18.2. The van der Waals surface area contributed by atoms with E-state index in [1.807, 2.05) is 30.3 Å². The van der Waals surface area contributed by atoms with Crippen molar-refractivity contribution in [1.82, 2.24) is 5.32 Å². The van der Waals surface area contributed by atoms with Gasteiger partial charge in [0.05, 0.1) is 19.3 Å². The summed E-state index contributed by atoms with van der Waals surface area (Å²) in [6.07, 6.45) is -2.75. The van der Waals surface area contributed by atoms with Crippen molar-refractivity contribution in [2.75, 3.05) is 6.61 Å². The van der Waals surface area contributed by atoms with E-state index in [-0.39, 0.29) is 19.1 Å². The number of rotatable bonds is 4. The van der Waals surface area contributed by atoms with Crippen LogP contribution >= 0.6 is 0 Å². The summed E-state index contributed by atoms with van der Waals surface area (Å²) in [5.74, 6) is -1.28. The van der Waals surface area contributed by atoms with Crippen molar-refractivity contribution >= 4 is 5.91 Å². The maximum absolute atomic E-state index is 11.5. The zero-order valence-corrected chi connectivity index (χ0v) is 14.6. The molecule has 1 aromatic carbocycles. The Morgan fingerprint density at radius 3 is 2.68 bits per heavy atom. The van der Waals surface area contributed by atoms with Crippen LogP contribution in [0.4, 0.5) is 0 Å². The van der Waals surface area contributed by atoms with Crippen molar-refractivity contribution in [3.8, 4) is 0 Å². The second-order valence-corrected chi connectivity index (χ2v) is 7.15. The predicted molar refractivity (Wildman–Crippen MR) is 88.5 cm³/mol. The topological polar surface area (TPSA) is 97.3 Å². The monoisotopic (exact) mass is 351 g/mol. The van der Waals surface area contributed by atoms with Gasteiger partial charge in [-0.05, 0) is 19.4 Å². The Kier molecular flexibility index (Phi) is 4.87. The number of carbonyl (C=O) groups is 1. The lowest BCUT2D eigenvalue weighted by Crippen LogP contribution is -2.64. The van der Waals surface area contributed by atoms with Gasteiger partial charge in [-0.1, -0.05) is 30.3 Å². The fraction of sp³-hybridized carbons (Fsp3) is 0.611. The van der Waals surface area contributed by atoms with E-state index in [1.165, 1.54) is 6.92 Å². The van der Waals surface area contributed by atoms with Crippen LogP contribution in [0.5, 0.6) is 0 Å². The van der Waals surface area contributed by atoms with Crippen molar-refractivity contribution in [2.45, 2.75) is 63.1 Å². The minimum absolute atomic E-state index is 0.0716. The van der Waals surface area contributed by atoms with Crippen molar-refractivity contribution in [3.05, 3.63) is 35.9 Å². The Bertz CT molecular complexity index is 621. The highest BCUT2D eigenvalue weighted by Gasteiger charge is 2.65. The minimum atomic E-state index is -1.57. The Morgan fingerprint density at radius 2 is 2.04 bits per heavy atom. The average molecular weight is 351 g/mol. The molecule has 0 radical (unpaired) electrons. The molecule has 1 aromatic rings. The van der Waals surface area contributed by atoms with Crippen LogP contribution in [0.3, 0.4) is 0 Å². The number of benzene rings is 1. The third-order valence-corrected chi connectivity index (χ3v) is 4.71. The summed E-state index contributed by atoms with van der Waals surface area (Å²) < 4.78 is 17.3. The van der Waals surface area contributed by atoms with Crippen LogP contribution in [-0.4, -0.2) is 58.5 Å². The molecule has 1 heterocycles. The van der Waals surface area contributed by atoms with Gasteiger partial charge in [-0.2, -0.15) is 0 Å². The van der Waals surface area contributed by atoms with Gasteiger partial charge >= 0.3 is 0 Å². The van der Waals surface area contributed by atoms with Crippen molar-refractivity contribution < 1.29 is 29.2 Å². The first-order chi connectivity index (χ1) is 11.7.